The van der Waals surface area contributed by atoms with Crippen LogP contribution in [0.1, 0.15) is 19.8 Å². The van der Waals surface area contributed by atoms with Crippen LogP contribution in [0.2, 0.25) is 0 Å². The maximum absolute atomic E-state index is 11.4. The molecule has 0 aliphatic rings. The normalized spacial score (nSPS) is 11.1. The van der Waals surface area contributed by atoms with E-state index in [1.165, 1.54) is 12.5 Å². The number of rotatable bonds is 5. The molecule has 0 atom stereocenters. The first-order chi connectivity index (χ1) is 6.56. The minimum Gasteiger partial charge on any atom is -1.00 e. The van der Waals surface area contributed by atoms with Crippen LogP contribution in [-0.4, -0.2) is 19.6 Å². The first-order valence-corrected chi connectivity index (χ1v) is 5.86. The van der Waals surface area contributed by atoms with Gasteiger partial charge in [-0.3, -0.25) is 0 Å². The summed E-state index contributed by atoms with van der Waals surface area (Å²) in [4.78, 5) is 0. The van der Waals surface area contributed by atoms with Crippen molar-refractivity contribution >= 4 is 10.3 Å². The molecule has 0 N–H and O–H groups in total. The second-order valence-electron chi connectivity index (χ2n) is 3.04. The van der Waals surface area contributed by atoms with Crippen molar-refractivity contribution in [3.8, 4) is 0 Å². The Morgan fingerprint density at radius 3 is 2.60 bits per heavy atom. The molecule has 0 bridgehead atoms. The Kier molecular flexibility index (Phi) is 6.07. The number of imidazole rings is 1. The fourth-order valence-electron chi connectivity index (χ4n) is 0.929. The highest BCUT2D eigenvalue weighted by Crippen LogP contribution is 1.93. The standard InChI is InChI=1S/C8H15N2O3S.BrH/c1-3-4-7-13-14(11,12)10-6-5-9(2)8-10;/h5-6,8H,3-4,7H2,1-2H3;1H/q+1;/p-1. The Labute approximate surface area is 101 Å². The molecule has 0 aliphatic carbocycles. The molecule has 1 aromatic rings. The van der Waals surface area contributed by atoms with E-state index in [2.05, 4.69) is 0 Å². The Balaban J connectivity index is 0.00000196. The lowest BCUT2D eigenvalue weighted by Crippen LogP contribution is -3.00. The SMILES string of the molecule is CCCCOS(=O)(=O)[n+]1ccn(C)c1.[Br-]. The van der Waals surface area contributed by atoms with E-state index in [0.29, 0.717) is 0 Å². The molecule has 0 saturated carbocycles. The maximum atomic E-state index is 11.4. The van der Waals surface area contributed by atoms with Crippen LogP contribution in [0.25, 0.3) is 0 Å². The van der Waals surface area contributed by atoms with Crippen LogP contribution < -0.4 is 21.0 Å². The Hall–Kier alpha value is -0.400. The summed E-state index contributed by atoms with van der Waals surface area (Å²) in [5.74, 6) is 0. The van der Waals surface area contributed by atoms with Gasteiger partial charge in [0.2, 0.25) is 0 Å². The van der Waals surface area contributed by atoms with Crippen LogP contribution in [0.4, 0.5) is 0 Å². The van der Waals surface area contributed by atoms with Crippen molar-refractivity contribution in [1.82, 2.24) is 4.57 Å². The fourth-order valence-corrected chi connectivity index (χ4v) is 1.85. The molecule has 5 nitrogen and oxygen atoms in total. The Morgan fingerprint density at radius 2 is 2.13 bits per heavy atom. The van der Waals surface area contributed by atoms with E-state index in [1.54, 1.807) is 17.8 Å². The van der Waals surface area contributed by atoms with Gasteiger partial charge in [0.1, 0.15) is 12.4 Å². The lowest BCUT2D eigenvalue weighted by molar-refractivity contribution is -0.519. The molecule has 1 heterocycles. The molecule has 0 amide bonds. The zero-order valence-corrected chi connectivity index (χ0v) is 11.2. The van der Waals surface area contributed by atoms with Crippen molar-refractivity contribution in [2.45, 2.75) is 19.8 Å². The van der Waals surface area contributed by atoms with Crippen LogP contribution >= 0.6 is 0 Å². The summed E-state index contributed by atoms with van der Waals surface area (Å²) in [6.45, 7) is 2.21. The van der Waals surface area contributed by atoms with Gasteiger partial charge < -0.3 is 17.0 Å². The smallest absolute Gasteiger partial charge is 0.441 e. The summed E-state index contributed by atoms with van der Waals surface area (Å²) in [7, 11) is -1.87. The van der Waals surface area contributed by atoms with Gasteiger partial charge in [0, 0.05) is 0 Å². The number of hydrogen-bond acceptors (Lipinski definition) is 3. The fraction of sp³-hybridized carbons (Fsp3) is 0.625. The van der Waals surface area contributed by atoms with E-state index in [-0.39, 0.29) is 23.6 Å². The number of nitrogens with zero attached hydrogens (tertiary/aromatic N) is 2. The van der Waals surface area contributed by atoms with Gasteiger partial charge in [0.15, 0.2) is 0 Å². The van der Waals surface area contributed by atoms with Gasteiger partial charge >= 0.3 is 10.3 Å². The van der Waals surface area contributed by atoms with E-state index >= 15 is 0 Å². The van der Waals surface area contributed by atoms with Crippen LogP contribution in [0, 0.1) is 0 Å². The minimum absolute atomic E-state index is 0. The Bertz CT molecular complexity index is 388. The van der Waals surface area contributed by atoms with E-state index in [1.807, 2.05) is 6.92 Å². The summed E-state index contributed by atoms with van der Waals surface area (Å²) >= 11 is 0. The summed E-state index contributed by atoms with van der Waals surface area (Å²) in [6, 6.07) is 0. The quantitative estimate of drug-likeness (QED) is 0.437. The van der Waals surface area contributed by atoms with Gasteiger partial charge in [-0.1, -0.05) is 13.3 Å². The molecule has 1 rings (SSSR count). The Morgan fingerprint density at radius 1 is 1.47 bits per heavy atom. The molecule has 0 unspecified atom stereocenters. The highest BCUT2D eigenvalue weighted by molar-refractivity contribution is 7.80. The molecule has 0 radical (unpaired) electrons. The second-order valence-corrected chi connectivity index (χ2v) is 4.56. The second kappa shape index (κ2) is 6.24. The topological polar surface area (TPSA) is 52.2 Å². The van der Waals surface area contributed by atoms with Crippen LogP contribution in [0.5, 0.6) is 0 Å². The highest BCUT2D eigenvalue weighted by Gasteiger charge is 2.19. The van der Waals surface area contributed by atoms with Gasteiger partial charge in [-0.2, -0.15) is 8.42 Å². The van der Waals surface area contributed by atoms with Gasteiger partial charge in [0.05, 0.1) is 13.7 Å². The molecule has 0 aliphatic heterocycles. The first-order valence-electron chi connectivity index (χ1n) is 4.49. The van der Waals surface area contributed by atoms with Crippen molar-refractivity contribution < 1.29 is 33.6 Å². The van der Waals surface area contributed by atoms with Crippen molar-refractivity contribution in [1.29, 1.82) is 0 Å². The molecular formula is C8H15BrN2O3S. The van der Waals surface area contributed by atoms with Crippen molar-refractivity contribution in [3.05, 3.63) is 18.7 Å². The molecule has 1 aromatic heterocycles. The maximum Gasteiger partial charge on any atom is 0.441 e. The minimum atomic E-state index is -3.62. The summed E-state index contributed by atoms with van der Waals surface area (Å²) in [5, 5.41) is 0. The van der Waals surface area contributed by atoms with E-state index in [0.717, 1.165) is 16.8 Å². The third-order valence-corrected chi connectivity index (χ3v) is 2.93. The number of hydrogen-bond donors (Lipinski definition) is 0. The molecule has 0 fully saturated rings. The largest absolute Gasteiger partial charge is 1.00 e. The predicted molar refractivity (Wildman–Crippen MR) is 50.8 cm³/mol. The van der Waals surface area contributed by atoms with Crippen LogP contribution in [0.15, 0.2) is 18.7 Å². The number of aryl methyl sites for hydroxylation is 1. The molecular weight excluding hydrogens is 284 g/mol. The average molecular weight is 299 g/mol. The summed E-state index contributed by atoms with van der Waals surface area (Å²) in [6.07, 6.45) is 6.19. The summed E-state index contributed by atoms with van der Waals surface area (Å²) < 4.78 is 30.4. The lowest BCUT2D eigenvalue weighted by Gasteiger charge is -1.99. The van der Waals surface area contributed by atoms with Gasteiger partial charge in [-0.15, -0.1) is 3.97 Å². The zero-order valence-electron chi connectivity index (χ0n) is 8.76. The highest BCUT2D eigenvalue weighted by atomic mass is 79.9. The molecule has 7 heteroatoms. The predicted octanol–water partition coefficient (Wildman–Crippen LogP) is -2.77. The first kappa shape index (κ1) is 14.6. The zero-order chi connectivity index (χ0) is 10.6. The van der Waals surface area contributed by atoms with E-state index < -0.39 is 10.3 Å². The number of halogens is 1. The number of unbranched alkanes of at least 4 members (excludes halogenated alkanes) is 1. The molecule has 0 saturated heterocycles. The van der Waals surface area contributed by atoms with E-state index in [9.17, 15) is 8.42 Å². The van der Waals surface area contributed by atoms with Crippen molar-refractivity contribution in [2.24, 2.45) is 7.05 Å². The average Bonchev–Trinajstić information content (AvgIpc) is 2.53. The van der Waals surface area contributed by atoms with Crippen molar-refractivity contribution in [2.75, 3.05) is 6.61 Å². The monoisotopic (exact) mass is 298 g/mol. The summed E-state index contributed by atoms with van der Waals surface area (Å²) in [5.41, 5.74) is 0. The van der Waals surface area contributed by atoms with Crippen LogP contribution in [-0.2, 0) is 21.5 Å². The molecule has 0 aromatic carbocycles. The van der Waals surface area contributed by atoms with Crippen molar-refractivity contribution in [3.63, 3.8) is 0 Å². The van der Waals surface area contributed by atoms with Gasteiger partial charge in [0.25, 0.3) is 6.33 Å². The third kappa shape index (κ3) is 4.31. The van der Waals surface area contributed by atoms with Gasteiger partial charge in [-0.05, 0) is 6.42 Å². The molecule has 88 valence electrons. The number of aromatic nitrogens is 2. The van der Waals surface area contributed by atoms with E-state index in [4.69, 9.17) is 4.18 Å². The molecule has 15 heavy (non-hydrogen) atoms. The van der Waals surface area contributed by atoms with Crippen LogP contribution in [0.3, 0.4) is 0 Å². The lowest BCUT2D eigenvalue weighted by atomic mass is 10.4. The van der Waals surface area contributed by atoms with Gasteiger partial charge in [-0.25, -0.2) is 8.75 Å². The molecule has 0 spiro atoms. The third-order valence-electron chi connectivity index (χ3n) is 1.73.